The van der Waals surface area contributed by atoms with Gasteiger partial charge < -0.3 is 21.7 Å². The molecular weight excluding hydrogens is 490 g/mol. The number of halogens is 2. The summed E-state index contributed by atoms with van der Waals surface area (Å²) in [4.78, 5) is 30.3. The second-order valence-electron chi connectivity index (χ2n) is 8.04. The van der Waals surface area contributed by atoms with Crippen molar-refractivity contribution in [3.8, 4) is 0 Å². The number of aromatic nitrogens is 4. The molecule has 0 aromatic carbocycles. The van der Waals surface area contributed by atoms with Crippen molar-refractivity contribution in [3.05, 3.63) is 45.5 Å². The van der Waals surface area contributed by atoms with Crippen LogP contribution in [0.15, 0.2) is 34.1 Å². The normalized spacial score (nSPS) is 32.9. The summed E-state index contributed by atoms with van der Waals surface area (Å²) >= 11 is 2.51. The molecule has 2 aromatic rings. The Bertz CT molecular complexity index is 1020. The van der Waals surface area contributed by atoms with Gasteiger partial charge in [-0.1, -0.05) is 13.8 Å². The molecule has 6 N–H and O–H groups in total. The van der Waals surface area contributed by atoms with E-state index < -0.39 is 45.8 Å². The lowest BCUT2D eigenvalue weighted by Crippen LogP contribution is -2.33. The number of hydrogen-bond acceptors (Lipinski definition) is 10. The number of nitrogens with two attached hydrogens (primary N) is 2. The third kappa shape index (κ3) is 5.39. The number of rotatable bonds is 4. The Hall–Kier alpha value is -2.16. The summed E-state index contributed by atoms with van der Waals surface area (Å²) in [5.41, 5.74) is 9.60. The maximum atomic E-state index is 14.1. The Morgan fingerprint density at radius 1 is 0.971 bits per heavy atom. The predicted molar refractivity (Wildman–Crippen MR) is 129 cm³/mol. The minimum absolute atomic E-state index is 0.0422. The van der Waals surface area contributed by atoms with Gasteiger partial charge in [0.2, 0.25) is 0 Å². The van der Waals surface area contributed by atoms with Crippen molar-refractivity contribution in [3.63, 3.8) is 0 Å². The minimum Gasteiger partial charge on any atom is -0.395 e. The molecule has 34 heavy (non-hydrogen) atoms. The number of nitrogen functional groups attached to an aromatic ring is 2. The Morgan fingerprint density at radius 2 is 1.44 bits per heavy atom. The molecule has 4 heterocycles. The van der Waals surface area contributed by atoms with Gasteiger partial charge in [0.05, 0.1) is 11.9 Å². The third-order valence-corrected chi connectivity index (χ3v) is 9.22. The van der Waals surface area contributed by atoms with Crippen LogP contribution in [0, 0.1) is 5.92 Å². The highest BCUT2D eigenvalue weighted by atomic mass is 32.2. The molecule has 2 fully saturated rings. The summed E-state index contributed by atoms with van der Waals surface area (Å²) in [5.74, 6) is 0.188. The fourth-order valence-electron chi connectivity index (χ4n) is 3.85. The van der Waals surface area contributed by atoms with Crippen LogP contribution in [-0.4, -0.2) is 64.9 Å². The van der Waals surface area contributed by atoms with Crippen LogP contribution in [-0.2, 0) is 0 Å². The molecule has 0 aliphatic carbocycles. The average Bonchev–Trinajstić information content (AvgIpc) is 3.24. The lowest BCUT2D eigenvalue weighted by Gasteiger charge is -2.15. The fourth-order valence-corrected chi connectivity index (χ4v) is 6.84. The standard InChI is InChI=1S/C11H16FN3OS.C9H12FN3O3S/c1-3-7-6(2)9(12)10(17-7)15-5-4-8(13)14-11(15)16;10-6-7(15)4(3-14)17-8(6)13-2-1-5(11)12-9(13)16/h4-7,9-10H,3H2,1-2H3,(H2,13,14,16);1-2,4,6-8,14-15H,3H2,(H2,11,12,16)/t6-,7-,9+,10?;4-,6+,7-,8?/m11/s1. The summed E-state index contributed by atoms with van der Waals surface area (Å²) < 4.78 is 30.3. The first kappa shape index (κ1) is 26.4. The first-order chi connectivity index (χ1) is 16.1. The second kappa shape index (κ2) is 11.1. The van der Waals surface area contributed by atoms with Crippen LogP contribution in [0.4, 0.5) is 20.4 Å². The SMILES string of the molecule is CC[C@H]1SC(n2ccc(N)nc2=O)[C@@H](F)[C@@H]1C.Nc1ccn(C2S[C@H](CO)[C@@H](O)[C@@H]2F)c(=O)n1. The number of anilines is 2. The molecule has 188 valence electrons. The Balaban J connectivity index is 0.000000191. The van der Waals surface area contributed by atoms with Crippen LogP contribution in [0.25, 0.3) is 0 Å². The van der Waals surface area contributed by atoms with Crippen molar-refractivity contribution >= 4 is 35.2 Å². The molecule has 14 heteroatoms. The van der Waals surface area contributed by atoms with E-state index in [2.05, 4.69) is 9.97 Å². The molecular formula is C20H28F2N6O4S2. The predicted octanol–water partition coefficient (Wildman–Crippen LogP) is 0.955. The largest absolute Gasteiger partial charge is 0.395 e. The van der Waals surface area contributed by atoms with Crippen molar-refractivity contribution in [2.75, 3.05) is 18.1 Å². The van der Waals surface area contributed by atoms with Crippen LogP contribution >= 0.6 is 23.5 Å². The highest BCUT2D eigenvalue weighted by Crippen LogP contribution is 2.47. The van der Waals surface area contributed by atoms with E-state index in [4.69, 9.17) is 16.6 Å². The summed E-state index contributed by atoms with van der Waals surface area (Å²) in [5, 5.41) is 16.7. The summed E-state index contributed by atoms with van der Waals surface area (Å²) in [7, 11) is 0. The molecule has 0 spiro atoms. The van der Waals surface area contributed by atoms with E-state index in [0.717, 1.165) is 22.7 Å². The first-order valence-electron chi connectivity index (χ1n) is 10.7. The quantitative estimate of drug-likeness (QED) is 0.458. The van der Waals surface area contributed by atoms with Gasteiger partial charge in [-0.25, -0.2) is 18.4 Å². The number of aliphatic hydroxyl groups is 2. The second-order valence-corrected chi connectivity index (χ2v) is 10.8. The molecule has 0 bridgehead atoms. The number of nitrogens with zero attached hydrogens (tertiary/aromatic N) is 4. The summed E-state index contributed by atoms with van der Waals surface area (Å²) in [6.07, 6.45) is -0.172. The maximum absolute atomic E-state index is 14.1. The average molecular weight is 519 g/mol. The van der Waals surface area contributed by atoms with Crippen LogP contribution < -0.4 is 22.8 Å². The number of hydrogen-bond donors (Lipinski definition) is 4. The third-order valence-electron chi connectivity index (χ3n) is 5.80. The van der Waals surface area contributed by atoms with Crippen LogP contribution in [0.2, 0.25) is 0 Å². The van der Waals surface area contributed by atoms with Crippen molar-refractivity contribution in [2.24, 2.45) is 5.92 Å². The van der Waals surface area contributed by atoms with Crippen molar-refractivity contribution in [1.82, 2.24) is 19.1 Å². The van der Waals surface area contributed by atoms with E-state index in [1.807, 2.05) is 13.8 Å². The zero-order chi connectivity index (χ0) is 25.2. The summed E-state index contributed by atoms with van der Waals surface area (Å²) in [6.45, 7) is 3.58. The molecule has 2 saturated heterocycles. The molecule has 2 aliphatic heterocycles. The van der Waals surface area contributed by atoms with Crippen LogP contribution in [0.1, 0.15) is 31.0 Å². The van der Waals surface area contributed by atoms with Crippen molar-refractivity contribution in [2.45, 2.75) is 60.0 Å². The smallest absolute Gasteiger partial charge is 0.350 e. The molecule has 0 saturated carbocycles. The van der Waals surface area contributed by atoms with Gasteiger partial charge in [-0.3, -0.25) is 9.13 Å². The van der Waals surface area contributed by atoms with Gasteiger partial charge in [0.1, 0.15) is 34.7 Å². The summed E-state index contributed by atoms with van der Waals surface area (Å²) in [6, 6.07) is 2.91. The molecule has 4 rings (SSSR count). The lowest BCUT2D eigenvalue weighted by molar-refractivity contribution is 0.0631. The van der Waals surface area contributed by atoms with Gasteiger partial charge in [-0.05, 0) is 18.6 Å². The van der Waals surface area contributed by atoms with E-state index >= 15 is 0 Å². The van der Waals surface area contributed by atoms with E-state index in [9.17, 15) is 23.5 Å². The number of alkyl halides is 2. The number of aliphatic hydroxyl groups excluding tert-OH is 2. The molecule has 0 radical (unpaired) electrons. The molecule has 10 nitrogen and oxygen atoms in total. The molecule has 2 aromatic heterocycles. The zero-order valence-corrected chi connectivity index (χ0v) is 20.2. The maximum Gasteiger partial charge on any atom is 0.350 e. The Labute approximate surface area is 202 Å². The zero-order valence-electron chi connectivity index (χ0n) is 18.6. The van der Waals surface area contributed by atoms with Gasteiger partial charge in [-0.15, -0.1) is 23.5 Å². The Morgan fingerprint density at radius 3 is 1.82 bits per heavy atom. The Kier molecular flexibility index (Phi) is 8.60. The highest BCUT2D eigenvalue weighted by Gasteiger charge is 2.45. The first-order valence-corrected chi connectivity index (χ1v) is 12.5. The number of thioether (sulfide) groups is 2. The lowest BCUT2D eigenvalue weighted by atomic mass is 10.0. The van der Waals surface area contributed by atoms with Crippen molar-refractivity contribution in [1.29, 1.82) is 0 Å². The molecule has 2 aliphatic rings. The molecule has 8 atom stereocenters. The fraction of sp³-hybridized carbons (Fsp3) is 0.600. The highest BCUT2D eigenvalue weighted by molar-refractivity contribution is 8.00. The monoisotopic (exact) mass is 518 g/mol. The van der Waals surface area contributed by atoms with Gasteiger partial charge in [0.15, 0.2) is 6.17 Å². The van der Waals surface area contributed by atoms with E-state index in [-0.39, 0.29) is 29.4 Å². The van der Waals surface area contributed by atoms with E-state index in [1.54, 1.807) is 0 Å². The molecule has 0 amide bonds. The molecule has 2 unspecified atom stereocenters. The van der Waals surface area contributed by atoms with Crippen molar-refractivity contribution < 1.29 is 19.0 Å². The van der Waals surface area contributed by atoms with E-state index in [0.29, 0.717) is 0 Å². The minimum atomic E-state index is -1.62. The van der Waals surface area contributed by atoms with Crippen LogP contribution in [0.3, 0.4) is 0 Å². The van der Waals surface area contributed by atoms with E-state index in [1.165, 1.54) is 40.9 Å². The van der Waals surface area contributed by atoms with Gasteiger partial charge in [-0.2, -0.15) is 9.97 Å². The van der Waals surface area contributed by atoms with Gasteiger partial charge >= 0.3 is 11.4 Å². The topological polar surface area (TPSA) is 162 Å². The van der Waals surface area contributed by atoms with Gasteiger partial charge in [0.25, 0.3) is 0 Å². The van der Waals surface area contributed by atoms with Crippen LogP contribution in [0.5, 0.6) is 0 Å². The van der Waals surface area contributed by atoms with Gasteiger partial charge in [0, 0.05) is 23.6 Å².